The summed E-state index contributed by atoms with van der Waals surface area (Å²) < 4.78 is 1.15. The molecule has 0 fully saturated rings. The van der Waals surface area contributed by atoms with Gasteiger partial charge < -0.3 is 10.6 Å². The van der Waals surface area contributed by atoms with Gasteiger partial charge in [-0.1, -0.05) is 19.1 Å². The summed E-state index contributed by atoms with van der Waals surface area (Å²) in [4.78, 5) is 11.1. The van der Waals surface area contributed by atoms with Crippen LogP contribution in [0.1, 0.15) is 18.9 Å². The summed E-state index contributed by atoms with van der Waals surface area (Å²) in [5, 5.41) is 2.07. The molecule has 0 saturated carbocycles. The number of hydrogen-bond acceptors (Lipinski definition) is 5. The SMILES string of the molecule is CCCN(Cc1ccc(N)cc1)c1ncnc2ccsc12. The zero-order valence-electron chi connectivity index (χ0n) is 12.0. The molecule has 3 aromatic rings. The van der Waals surface area contributed by atoms with E-state index in [9.17, 15) is 0 Å². The van der Waals surface area contributed by atoms with Gasteiger partial charge in [-0.25, -0.2) is 9.97 Å². The molecule has 2 aromatic heterocycles. The smallest absolute Gasteiger partial charge is 0.150 e. The minimum atomic E-state index is 0.795. The number of fused-ring (bicyclic) bond motifs is 1. The standard InChI is InChI=1S/C16H18N4S/c1-2-8-20(10-12-3-5-13(17)6-4-12)16-15-14(7-9-21-15)18-11-19-16/h3-7,9,11H,2,8,10,17H2,1H3. The number of nitrogen functional groups attached to an aromatic ring is 1. The van der Waals surface area contributed by atoms with Crippen molar-refractivity contribution in [2.75, 3.05) is 17.2 Å². The molecule has 0 radical (unpaired) electrons. The molecule has 5 heteroatoms. The lowest BCUT2D eigenvalue weighted by molar-refractivity contribution is 0.758. The Morgan fingerprint density at radius 1 is 1.14 bits per heavy atom. The Balaban J connectivity index is 1.93. The van der Waals surface area contributed by atoms with Crippen LogP contribution in [-0.4, -0.2) is 16.5 Å². The second-order valence-electron chi connectivity index (χ2n) is 5.00. The fraction of sp³-hybridized carbons (Fsp3) is 0.250. The predicted molar refractivity (Wildman–Crippen MR) is 89.6 cm³/mol. The Hall–Kier alpha value is -2.14. The maximum Gasteiger partial charge on any atom is 0.150 e. The van der Waals surface area contributed by atoms with Crippen LogP contribution in [0.4, 0.5) is 11.5 Å². The summed E-state index contributed by atoms with van der Waals surface area (Å²) in [6.07, 6.45) is 2.72. The molecule has 4 nitrogen and oxygen atoms in total. The van der Waals surface area contributed by atoms with Crippen LogP contribution in [0.25, 0.3) is 10.2 Å². The summed E-state index contributed by atoms with van der Waals surface area (Å²) in [5.41, 5.74) is 8.80. The maximum absolute atomic E-state index is 5.76. The van der Waals surface area contributed by atoms with E-state index in [4.69, 9.17) is 5.73 Å². The number of nitrogens with zero attached hydrogens (tertiary/aromatic N) is 3. The van der Waals surface area contributed by atoms with Crippen LogP contribution in [-0.2, 0) is 6.54 Å². The van der Waals surface area contributed by atoms with Crippen molar-refractivity contribution in [3.63, 3.8) is 0 Å². The van der Waals surface area contributed by atoms with Gasteiger partial charge in [0, 0.05) is 18.8 Å². The molecule has 0 amide bonds. The first-order chi connectivity index (χ1) is 10.3. The molecule has 0 unspecified atom stereocenters. The minimum Gasteiger partial charge on any atom is -0.399 e. The Labute approximate surface area is 128 Å². The van der Waals surface area contributed by atoms with E-state index in [1.54, 1.807) is 17.7 Å². The molecule has 3 rings (SSSR count). The molecule has 108 valence electrons. The van der Waals surface area contributed by atoms with Gasteiger partial charge in [0.15, 0.2) is 0 Å². The highest BCUT2D eigenvalue weighted by Gasteiger charge is 2.13. The number of thiophene rings is 1. The van der Waals surface area contributed by atoms with E-state index < -0.39 is 0 Å². The first-order valence-electron chi connectivity index (χ1n) is 7.05. The van der Waals surface area contributed by atoms with E-state index in [0.29, 0.717) is 0 Å². The number of benzene rings is 1. The lowest BCUT2D eigenvalue weighted by Crippen LogP contribution is -2.24. The molecule has 0 aliphatic heterocycles. The van der Waals surface area contributed by atoms with E-state index in [0.717, 1.165) is 41.2 Å². The van der Waals surface area contributed by atoms with E-state index in [1.807, 2.05) is 18.2 Å². The highest BCUT2D eigenvalue weighted by Crippen LogP contribution is 2.29. The normalized spacial score (nSPS) is 10.9. The highest BCUT2D eigenvalue weighted by molar-refractivity contribution is 7.17. The van der Waals surface area contributed by atoms with Crippen LogP contribution in [0.2, 0.25) is 0 Å². The fourth-order valence-electron chi connectivity index (χ4n) is 2.37. The Morgan fingerprint density at radius 3 is 2.71 bits per heavy atom. The van der Waals surface area contributed by atoms with Crippen LogP contribution in [0, 0.1) is 0 Å². The van der Waals surface area contributed by atoms with Crippen LogP contribution in [0.15, 0.2) is 42.0 Å². The van der Waals surface area contributed by atoms with Crippen molar-refractivity contribution in [1.29, 1.82) is 0 Å². The average Bonchev–Trinajstić information content (AvgIpc) is 2.97. The number of aromatic nitrogens is 2. The molecule has 0 atom stereocenters. The number of anilines is 2. The molecule has 21 heavy (non-hydrogen) atoms. The van der Waals surface area contributed by atoms with Gasteiger partial charge in [-0.15, -0.1) is 11.3 Å². The Bertz CT molecular complexity index is 720. The first kappa shape index (κ1) is 13.8. The summed E-state index contributed by atoms with van der Waals surface area (Å²) in [7, 11) is 0. The molecule has 1 aromatic carbocycles. The van der Waals surface area contributed by atoms with Gasteiger partial charge in [-0.3, -0.25) is 0 Å². The molecule has 0 spiro atoms. The second-order valence-corrected chi connectivity index (χ2v) is 5.91. The molecule has 0 bridgehead atoms. The Morgan fingerprint density at radius 2 is 1.95 bits per heavy atom. The lowest BCUT2D eigenvalue weighted by atomic mass is 10.2. The van der Waals surface area contributed by atoms with Crippen molar-refractivity contribution in [3.8, 4) is 0 Å². The third kappa shape index (κ3) is 2.97. The topological polar surface area (TPSA) is 55.0 Å². The molecular weight excluding hydrogens is 280 g/mol. The largest absolute Gasteiger partial charge is 0.399 e. The zero-order valence-corrected chi connectivity index (χ0v) is 12.8. The van der Waals surface area contributed by atoms with E-state index in [2.05, 4.69) is 39.3 Å². The third-order valence-electron chi connectivity index (χ3n) is 3.37. The van der Waals surface area contributed by atoms with Crippen LogP contribution in [0.3, 0.4) is 0 Å². The second kappa shape index (κ2) is 6.10. The van der Waals surface area contributed by atoms with Crippen molar-refractivity contribution in [2.24, 2.45) is 0 Å². The fourth-order valence-corrected chi connectivity index (χ4v) is 3.24. The molecule has 0 aliphatic rings. The number of hydrogen-bond donors (Lipinski definition) is 1. The van der Waals surface area contributed by atoms with Crippen molar-refractivity contribution in [3.05, 3.63) is 47.6 Å². The number of nitrogens with two attached hydrogens (primary N) is 1. The Kier molecular flexibility index (Phi) is 4.01. The van der Waals surface area contributed by atoms with Crippen LogP contribution >= 0.6 is 11.3 Å². The van der Waals surface area contributed by atoms with Gasteiger partial charge in [-0.2, -0.15) is 0 Å². The van der Waals surface area contributed by atoms with Gasteiger partial charge in [-0.05, 0) is 35.6 Å². The monoisotopic (exact) mass is 298 g/mol. The van der Waals surface area contributed by atoms with Gasteiger partial charge in [0.2, 0.25) is 0 Å². The van der Waals surface area contributed by atoms with Crippen molar-refractivity contribution >= 4 is 33.1 Å². The van der Waals surface area contributed by atoms with E-state index in [1.165, 1.54) is 5.56 Å². The summed E-state index contributed by atoms with van der Waals surface area (Å²) >= 11 is 1.69. The maximum atomic E-state index is 5.76. The first-order valence-corrected chi connectivity index (χ1v) is 7.93. The minimum absolute atomic E-state index is 0.795. The van der Waals surface area contributed by atoms with Gasteiger partial charge in [0.05, 0.1) is 10.2 Å². The van der Waals surface area contributed by atoms with Gasteiger partial charge >= 0.3 is 0 Å². The zero-order chi connectivity index (χ0) is 14.7. The quantitative estimate of drug-likeness (QED) is 0.730. The molecule has 0 saturated heterocycles. The van der Waals surface area contributed by atoms with E-state index in [-0.39, 0.29) is 0 Å². The van der Waals surface area contributed by atoms with Crippen LogP contribution in [0.5, 0.6) is 0 Å². The van der Waals surface area contributed by atoms with E-state index >= 15 is 0 Å². The average molecular weight is 298 g/mol. The van der Waals surface area contributed by atoms with Crippen molar-refractivity contribution in [1.82, 2.24) is 9.97 Å². The summed E-state index contributed by atoms with van der Waals surface area (Å²) in [6, 6.07) is 10.1. The molecule has 2 heterocycles. The molecule has 0 aliphatic carbocycles. The third-order valence-corrected chi connectivity index (χ3v) is 4.27. The highest BCUT2D eigenvalue weighted by atomic mass is 32.1. The van der Waals surface area contributed by atoms with Crippen molar-refractivity contribution < 1.29 is 0 Å². The van der Waals surface area contributed by atoms with Crippen LogP contribution < -0.4 is 10.6 Å². The lowest BCUT2D eigenvalue weighted by Gasteiger charge is -2.23. The summed E-state index contributed by atoms with van der Waals surface area (Å²) in [6.45, 7) is 3.98. The summed E-state index contributed by atoms with van der Waals surface area (Å²) in [5.74, 6) is 1.02. The van der Waals surface area contributed by atoms with Gasteiger partial charge in [0.25, 0.3) is 0 Å². The number of rotatable bonds is 5. The molecular formula is C16H18N4S. The van der Waals surface area contributed by atoms with Gasteiger partial charge in [0.1, 0.15) is 12.1 Å². The van der Waals surface area contributed by atoms with Crippen molar-refractivity contribution in [2.45, 2.75) is 19.9 Å². The molecule has 2 N–H and O–H groups in total. The predicted octanol–water partition coefficient (Wildman–Crippen LogP) is 3.69.